The number of rotatable bonds is 3. The minimum Gasteiger partial charge on any atom is -0.496 e. The topological polar surface area (TPSA) is 37.9 Å². The van der Waals surface area contributed by atoms with Gasteiger partial charge in [-0.25, -0.2) is 4.98 Å². The van der Waals surface area contributed by atoms with Gasteiger partial charge in [0.1, 0.15) is 11.6 Å². The summed E-state index contributed by atoms with van der Waals surface area (Å²) in [5.41, 5.74) is 4.30. The van der Waals surface area contributed by atoms with Gasteiger partial charge in [-0.2, -0.15) is 0 Å². The molecular formula is C17H18N2O. The minimum absolute atomic E-state index is 0.362. The monoisotopic (exact) mass is 266 g/mol. The summed E-state index contributed by atoms with van der Waals surface area (Å²) in [6.45, 7) is 4.32. The second-order valence-corrected chi connectivity index (χ2v) is 5.18. The summed E-state index contributed by atoms with van der Waals surface area (Å²) in [6, 6.07) is 14.2. The molecule has 0 aliphatic carbocycles. The fourth-order valence-corrected chi connectivity index (χ4v) is 2.55. The second kappa shape index (κ2) is 5.00. The van der Waals surface area contributed by atoms with Gasteiger partial charge in [-0.05, 0) is 18.1 Å². The summed E-state index contributed by atoms with van der Waals surface area (Å²) in [4.78, 5) is 8.17. The first kappa shape index (κ1) is 12.7. The fraction of sp³-hybridized carbons (Fsp3) is 0.235. The Balaban J connectivity index is 2.23. The first-order valence-electron chi connectivity index (χ1n) is 6.82. The molecule has 1 heterocycles. The van der Waals surface area contributed by atoms with Crippen LogP contribution < -0.4 is 4.74 Å². The summed E-state index contributed by atoms with van der Waals surface area (Å²) in [5.74, 6) is 2.16. The Labute approximate surface area is 118 Å². The van der Waals surface area contributed by atoms with Crippen LogP contribution in [0.3, 0.4) is 0 Å². The lowest BCUT2D eigenvalue weighted by Gasteiger charge is -2.11. The molecular weight excluding hydrogens is 248 g/mol. The number of benzene rings is 2. The molecule has 0 aliphatic rings. The van der Waals surface area contributed by atoms with Crippen molar-refractivity contribution in [2.24, 2.45) is 0 Å². The molecule has 0 spiro atoms. The van der Waals surface area contributed by atoms with Crippen LogP contribution in [0.15, 0.2) is 42.5 Å². The molecule has 1 aromatic heterocycles. The van der Waals surface area contributed by atoms with Gasteiger partial charge in [0.05, 0.1) is 18.1 Å². The minimum atomic E-state index is 0.362. The standard InChI is InChI=1S/C17H18N2O/c1-11(2)15-14(20-3)10-9-13-16(15)19-17(18-13)12-7-5-4-6-8-12/h4-11H,1-3H3,(H,18,19). The molecule has 2 aromatic carbocycles. The van der Waals surface area contributed by atoms with Crippen molar-refractivity contribution in [3.8, 4) is 17.1 Å². The summed E-state index contributed by atoms with van der Waals surface area (Å²) >= 11 is 0. The molecule has 0 aliphatic heterocycles. The molecule has 0 unspecified atom stereocenters. The van der Waals surface area contributed by atoms with Crippen molar-refractivity contribution < 1.29 is 4.74 Å². The lowest BCUT2D eigenvalue weighted by Crippen LogP contribution is -1.95. The zero-order valence-corrected chi connectivity index (χ0v) is 12.0. The summed E-state index contributed by atoms with van der Waals surface area (Å²) in [7, 11) is 1.71. The Bertz CT molecular complexity index is 729. The molecule has 3 heteroatoms. The SMILES string of the molecule is COc1ccc2[nH]c(-c3ccccc3)nc2c1C(C)C. The van der Waals surface area contributed by atoms with E-state index in [1.807, 2.05) is 30.3 Å². The molecule has 0 saturated carbocycles. The third-order valence-electron chi connectivity index (χ3n) is 3.50. The number of H-pyrrole nitrogens is 1. The van der Waals surface area contributed by atoms with E-state index in [2.05, 4.69) is 31.0 Å². The highest BCUT2D eigenvalue weighted by Crippen LogP contribution is 2.34. The number of imidazole rings is 1. The predicted octanol–water partition coefficient (Wildman–Crippen LogP) is 4.36. The van der Waals surface area contributed by atoms with Gasteiger partial charge in [-0.1, -0.05) is 44.2 Å². The highest BCUT2D eigenvalue weighted by atomic mass is 16.5. The van der Waals surface area contributed by atoms with Gasteiger partial charge in [0, 0.05) is 11.1 Å². The quantitative estimate of drug-likeness (QED) is 0.764. The predicted molar refractivity (Wildman–Crippen MR) is 82.2 cm³/mol. The van der Waals surface area contributed by atoms with E-state index < -0.39 is 0 Å². The van der Waals surface area contributed by atoms with Crippen LogP contribution in [0.2, 0.25) is 0 Å². The first-order chi connectivity index (χ1) is 9.70. The highest BCUT2D eigenvalue weighted by molar-refractivity contribution is 5.85. The van der Waals surface area contributed by atoms with Gasteiger partial charge in [-0.3, -0.25) is 0 Å². The molecule has 0 bridgehead atoms. The smallest absolute Gasteiger partial charge is 0.138 e. The van der Waals surface area contributed by atoms with Crippen LogP contribution in [0, 0.1) is 0 Å². The molecule has 3 aromatic rings. The number of fused-ring (bicyclic) bond motifs is 1. The zero-order chi connectivity index (χ0) is 14.1. The van der Waals surface area contributed by atoms with E-state index in [4.69, 9.17) is 9.72 Å². The second-order valence-electron chi connectivity index (χ2n) is 5.18. The lowest BCUT2D eigenvalue weighted by atomic mass is 10.0. The van der Waals surface area contributed by atoms with Crippen molar-refractivity contribution in [3.63, 3.8) is 0 Å². The van der Waals surface area contributed by atoms with Crippen molar-refractivity contribution in [2.75, 3.05) is 7.11 Å². The van der Waals surface area contributed by atoms with E-state index in [0.29, 0.717) is 5.92 Å². The van der Waals surface area contributed by atoms with E-state index in [1.165, 1.54) is 0 Å². The molecule has 1 N–H and O–H groups in total. The van der Waals surface area contributed by atoms with Gasteiger partial charge in [-0.15, -0.1) is 0 Å². The zero-order valence-electron chi connectivity index (χ0n) is 12.0. The lowest BCUT2D eigenvalue weighted by molar-refractivity contribution is 0.408. The molecule has 102 valence electrons. The average molecular weight is 266 g/mol. The Morgan fingerprint density at radius 3 is 2.45 bits per heavy atom. The first-order valence-corrected chi connectivity index (χ1v) is 6.82. The number of methoxy groups -OCH3 is 1. The number of hydrogen-bond acceptors (Lipinski definition) is 2. The summed E-state index contributed by atoms with van der Waals surface area (Å²) in [6.07, 6.45) is 0. The molecule has 0 atom stereocenters. The summed E-state index contributed by atoms with van der Waals surface area (Å²) < 4.78 is 5.48. The van der Waals surface area contributed by atoms with Crippen LogP contribution in [0.1, 0.15) is 25.3 Å². The van der Waals surface area contributed by atoms with Crippen molar-refractivity contribution in [1.82, 2.24) is 9.97 Å². The Kier molecular flexibility index (Phi) is 3.18. The van der Waals surface area contributed by atoms with Gasteiger partial charge in [0.15, 0.2) is 0 Å². The summed E-state index contributed by atoms with van der Waals surface area (Å²) in [5, 5.41) is 0. The highest BCUT2D eigenvalue weighted by Gasteiger charge is 2.15. The number of aromatic nitrogens is 2. The number of nitrogens with one attached hydrogen (secondary N) is 1. The van der Waals surface area contributed by atoms with Crippen LogP contribution in [0.4, 0.5) is 0 Å². The van der Waals surface area contributed by atoms with Crippen LogP contribution in [0.5, 0.6) is 5.75 Å². The van der Waals surface area contributed by atoms with Crippen molar-refractivity contribution in [2.45, 2.75) is 19.8 Å². The molecule has 0 radical (unpaired) electrons. The van der Waals surface area contributed by atoms with E-state index in [9.17, 15) is 0 Å². The largest absolute Gasteiger partial charge is 0.496 e. The van der Waals surface area contributed by atoms with Crippen LogP contribution in [-0.2, 0) is 0 Å². The molecule has 0 fully saturated rings. The number of ether oxygens (including phenoxy) is 1. The Morgan fingerprint density at radius 1 is 1.05 bits per heavy atom. The third kappa shape index (κ3) is 2.05. The van der Waals surface area contributed by atoms with E-state index in [0.717, 1.165) is 33.7 Å². The van der Waals surface area contributed by atoms with Gasteiger partial charge in [0.2, 0.25) is 0 Å². The van der Waals surface area contributed by atoms with E-state index >= 15 is 0 Å². The van der Waals surface area contributed by atoms with Crippen LogP contribution in [-0.4, -0.2) is 17.1 Å². The molecule has 0 saturated heterocycles. The number of aromatic amines is 1. The maximum Gasteiger partial charge on any atom is 0.138 e. The Hall–Kier alpha value is -2.29. The van der Waals surface area contributed by atoms with Gasteiger partial charge >= 0.3 is 0 Å². The van der Waals surface area contributed by atoms with E-state index in [1.54, 1.807) is 7.11 Å². The maximum atomic E-state index is 5.48. The van der Waals surface area contributed by atoms with Crippen LogP contribution in [0.25, 0.3) is 22.4 Å². The van der Waals surface area contributed by atoms with Gasteiger partial charge in [0.25, 0.3) is 0 Å². The fourth-order valence-electron chi connectivity index (χ4n) is 2.55. The Morgan fingerprint density at radius 2 is 1.80 bits per heavy atom. The van der Waals surface area contributed by atoms with Crippen LogP contribution >= 0.6 is 0 Å². The third-order valence-corrected chi connectivity index (χ3v) is 3.50. The molecule has 3 nitrogen and oxygen atoms in total. The van der Waals surface area contributed by atoms with Crippen molar-refractivity contribution in [3.05, 3.63) is 48.0 Å². The molecule has 3 rings (SSSR count). The number of hydrogen-bond donors (Lipinski definition) is 1. The van der Waals surface area contributed by atoms with Crippen molar-refractivity contribution in [1.29, 1.82) is 0 Å². The molecule has 20 heavy (non-hydrogen) atoms. The van der Waals surface area contributed by atoms with Crippen molar-refractivity contribution >= 4 is 11.0 Å². The average Bonchev–Trinajstić information content (AvgIpc) is 2.90. The maximum absolute atomic E-state index is 5.48. The normalized spacial score (nSPS) is 11.2. The van der Waals surface area contributed by atoms with Gasteiger partial charge < -0.3 is 9.72 Å². The van der Waals surface area contributed by atoms with E-state index in [-0.39, 0.29) is 0 Å². The molecule has 0 amide bonds. The number of nitrogens with zero attached hydrogens (tertiary/aromatic N) is 1.